The Kier molecular flexibility index (Phi) is 9.99. The SMILES string of the molecule is CCCCOCC(N)(CC)COCCCC. The first-order valence-corrected chi connectivity index (χ1v) is 6.63. The van der Waals surface area contributed by atoms with Gasteiger partial charge in [-0.3, -0.25) is 0 Å². The van der Waals surface area contributed by atoms with Crippen molar-refractivity contribution in [2.75, 3.05) is 26.4 Å². The Bertz CT molecular complexity index is 139. The Hall–Kier alpha value is -0.120. The minimum absolute atomic E-state index is 0.304. The Morgan fingerprint density at radius 3 is 1.62 bits per heavy atom. The van der Waals surface area contributed by atoms with Crippen molar-refractivity contribution in [2.45, 2.75) is 58.4 Å². The van der Waals surface area contributed by atoms with E-state index in [1.807, 2.05) is 0 Å². The second-order valence-electron chi connectivity index (χ2n) is 4.53. The van der Waals surface area contributed by atoms with Crippen molar-refractivity contribution < 1.29 is 9.47 Å². The van der Waals surface area contributed by atoms with Crippen LogP contribution in [0, 0.1) is 0 Å². The molecule has 0 atom stereocenters. The lowest BCUT2D eigenvalue weighted by molar-refractivity contribution is 0.0194. The number of hydrogen-bond acceptors (Lipinski definition) is 3. The average molecular weight is 231 g/mol. The summed E-state index contributed by atoms with van der Waals surface area (Å²) in [5.74, 6) is 0. The molecular formula is C13H29NO2. The fourth-order valence-corrected chi connectivity index (χ4v) is 1.29. The third-order valence-corrected chi connectivity index (χ3v) is 2.77. The zero-order valence-electron chi connectivity index (χ0n) is 11.3. The van der Waals surface area contributed by atoms with Crippen molar-refractivity contribution in [2.24, 2.45) is 5.73 Å². The largest absolute Gasteiger partial charge is 0.379 e. The third kappa shape index (κ3) is 8.08. The lowest BCUT2D eigenvalue weighted by Gasteiger charge is -2.27. The van der Waals surface area contributed by atoms with E-state index in [-0.39, 0.29) is 5.54 Å². The second-order valence-corrected chi connectivity index (χ2v) is 4.53. The van der Waals surface area contributed by atoms with Gasteiger partial charge in [-0.05, 0) is 19.3 Å². The van der Waals surface area contributed by atoms with Crippen LogP contribution in [0.15, 0.2) is 0 Å². The lowest BCUT2D eigenvalue weighted by Crippen LogP contribution is -2.48. The number of ether oxygens (including phenoxy) is 2. The van der Waals surface area contributed by atoms with Gasteiger partial charge in [-0.2, -0.15) is 0 Å². The Balaban J connectivity index is 3.64. The van der Waals surface area contributed by atoms with Crippen LogP contribution in [0.25, 0.3) is 0 Å². The molecule has 0 aromatic heterocycles. The van der Waals surface area contributed by atoms with Crippen LogP contribution in [0.3, 0.4) is 0 Å². The van der Waals surface area contributed by atoms with Crippen LogP contribution >= 0.6 is 0 Å². The highest BCUT2D eigenvalue weighted by Gasteiger charge is 2.23. The molecule has 0 heterocycles. The van der Waals surface area contributed by atoms with E-state index in [2.05, 4.69) is 20.8 Å². The van der Waals surface area contributed by atoms with Crippen LogP contribution in [0.5, 0.6) is 0 Å². The van der Waals surface area contributed by atoms with E-state index in [1.165, 1.54) is 0 Å². The first kappa shape index (κ1) is 15.9. The molecule has 0 saturated carbocycles. The van der Waals surface area contributed by atoms with Crippen LogP contribution in [-0.4, -0.2) is 32.0 Å². The molecule has 0 aliphatic heterocycles. The summed E-state index contributed by atoms with van der Waals surface area (Å²) in [6.45, 7) is 9.24. The summed E-state index contributed by atoms with van der Waals surface area (Å²) in [4.78, 5) is 0. The fourth-order valence-electron chi connectivity index (χ4n) is 1.29. The van der Waals surface area contributed by atoms with Gasteiger partial charge in [0.25, 0.3) is 0 Å². The maximum absolute atomic E-state index is 6.21. The predicted molar refractivity (Wildman–Crippen MR) is 68.7 cm³/mol. The van der Waals surface area contributed by atoms with Gasteiger partial charge in [-0.1, -0.05) is 33.6 Å². The van der Waals surface area contributed by atoms with E-state index in [0.29, 0.717) is 13.2 Å². The monoisotopic (exact) mass is 231 g/mol. The molecule has 0 unspecified atom stereocenters. The van der Waals surface area contributed by atoms with Crippen LogP contribution < -0.4 is 5.73 Å². The van der Waals surface area contributed by atoms with Gasteiger partial charge in [-0.25, -0.2) is 0 Å². The summed E-state index contributed by atoms with van der Waals surface area (Å²) in [6.07, 6.45) is 5.44. The molecule has 16 heavy (non-hydrogen) atoms. The van der Waals surface area contributed by atoms with E-state index in [4.69, 9.17) is 15.2 Å². The Morgan fingerprint density at radius 1 is 0.875 bits per heavy atom. The quantitative estimate of drug-likeness (QED) is 0.556. The van der Waals surface area contributed by atoms with Crippen molar-refractivity contribution in [1.29, 1.82) is 0 Å². The zero-order chi connectivity index (χ0) is 12.3. The molecule has 0 aromatic rings. The molecule has 98 valence electrons. The third-order valence-electron chi connectivity index (χ3n) is 2.77. The van der Waals surface area contributed by atoms with Crippen molar-refractivity contribution >= 4 is 0 Å². The molecule has 0 radical (unpaired) electrons. The van der Waals surface area contributed by atoms with Gasteiger partial charge in [0.15, 0.2) is 0 Å². The van der Waals surface area contributed by atoms with Crippen molar-refractivity contribution in [3.8, 4) is 0 Å². The normalized spacial score (nSPS) is 12.0. The zero-order valence-corrected chi connectivity index (χ0v) is 11.3. The summed E-state index contributed by atoms with van der Waals surface area (Å²) in [5, 5.41) is 0. The Morgan fingerprint density at radius 2 is 1.31 bits per heavy atom. The first-order chi connectivity index (χ1) is 7.68. The van der Waals surface area contributed by atoms with Gasteiger partial charge in [0.2, 0.25) is 0 Å². The standard InChI is InChI=1S/C13H29NO2/c1-4-7-9-15-11-13(14,6-3)12-16-10-8-5-2/h4-12,14H2,1-3H3. The molecule has 0 aliphatic rings. The van der Waals surface area contributed by atoms with E-state index in [0.717, 1.165) is 45.3 Å². The van der Waals surface area contributed by atoms with Gasteiger partial charge >= 0.3 is 0 Å². The van der Waals surface area contributed by atoms with E-state index >= 15 is 0 Å². The number of nitrogens with two attached hydrogens (primary N) is 1. The van der Waals surface area contributed by atoms with Crippen molar-refractivity contribution in [1.82, 2.24) is 0 Å². The van der Waals surface area contributed by atoms with Crippen molar-refractivity contribution in [3.63, 3.8) is 0 Å². The molecule has 0 amide bonds. The summed E-state index contributed by atoms with van der Waals surface area (Å²) >= 11 is 0. The van der Waals surface area contributed by atoms with Gasteiger partial charge in [0.05, 0.1) is 18.8 Å². The summed E-state index contributed by atoms with van der Waals surface area (Å²) in [7, 11) is 0. The van der Waals surface area contributed by atoms with E-state index in [9.17, 15) is 0 Å². The molecule has 0 fully saturated rings. The molecule has 3 nitrogen and oxygen atoms in total. The molecule has 0 spiro atoms. The smallest absolute Gasteiger partial charge is 0.0668 e. The van der Waals surface area contributed by atoms with Crippen LogP contribution in [0.2, 0.25) is 0 Å². The molecule has 0 bridgehead atoms. The molecule has 0 saturated heterocycles. The maximum Gasteiger partial charge on any atom is 0.0668 e. The molecule has 0 rings (SSSR count). The van der Waals surface area contributed by atoms with Crippen LogP contribution in [-0.2, 0) is 9.47 Å². The summed E-state index contributed by atoms with van der Waals surface area (Å²) in [5.41, 5.74) is 5.91. The molecule has 3 heteroatoms. The number of rotatable bonds is 11. The van der Waals surface area contributed by atoms with E-state index < -0.39 is 0 Å². The number of hydrogen-bond donors (Lipinski definition) is 1. The highest BCUT2D eigenvalue weighted by atomic mass is 16.5. The fraction of sp³-hybridized carbons (Fsp3) is 1.00. The molecule has 0 aromatic carbocycles. The Labute approximate surface area is 101 Å². The lowest BCUT2D eigenvalue weighted by atomic mass is 10.0. The van der Waals surface area contributed by atoms with E-state index in [1.54, 1.807) is 0 Å². The average Bonchev–Trinajstić information content (AvgIpc) is 2.31. The van der Waals surface area contributed by atoms with Crippen LogP contribution in [0.1, 0.15) is 52.9 Å². The topological polar surface area (TPSA) is 44.5 Å². The highest BCUT2D eigenvalue weighted by molar-refractivity contribution is 4.82. The molecule has 2 N–H and O–H groups in total. The van der Waals surface area contributed by atoms with Crippen molar-refractivity contribution in [3.05, 3.63) is 0 Å². The highest BCUT2D eigenvalue weighted by Crippen LogP contribution is 2.09. The van der Waals surface area contributed by atoms with Gasteiger partial charge < -0.3 is 15.2 Å². The van der Waals surface area contributed by atoms with Gasteiger partial charge in [0.1, 0.15) is 0 Å². The first-order valence-electron chi connectivity index (χ1n) is 6.63. The second kappa shape index (κ2) is 10.1. The van der Waals surface area contributed by atoms with Gasteiger partial charge in [0, 0.05) is 13.2 Å². The summed E-state index contributed by atoms with van der Waals surface area (Å²) < 4.78 is 11.2. The predicted octanol–water partition coefficient (Wildman–Crippen LogP) is 2.73. The minimum atomic E-state index is -0.304. The molecule has 0 aliphatic carbocycles. The molecular weight excluding hydrogens is 202 g/mol. The minimum Gasteiger partial charge on any atom is -0.379 e. The summed E-state index contributed by atoms with van der Waals surface area (Å²) in [6, 6.07) is 0. The number of unbranched alkanes of at least 4 members (excludes halogenated alkanes) is 2. The maximum atomic E-state index is 6.21. The van der Waals surface area contributed by atoms with Gasteiger partial charge in [-0.15, -0.1) is 0 Å². The van der Waals surface area contributed by atoms with Crippen LogP contribution in [0.4, 0.5) is 0 Å².